The van der Waals surface area contributed by atoms with E-state index in [2.05, 4.69) is 33.3 Å². The van der Waals surface area contributed by atoms with Crippen LogP contribution in [0.5, 0.6) is 11.6 Å². The van der Waals surface area contributed by atoms with E-state index in [1.54, 1.807) is 10.7 Å². The Morgan fingerprint density at radius 3 is 2.90 bits per heavy atom. The molecule has 6 heteroatoms. The maximum absolute atomic E-state index is 13.4. The molecule has 2 aromatic rings. The fourth-order valence-corrected chi connectivity index (χ4v) is 2.39. The second kappa shape index (κ2) is 7.04. The Labute approximate surface area is 132 Å². The second-order valence-corrected chi connectivity index (χ2v) is 5.70. The molecule has 0 saturated heterocycles. The van der Waals surface area contributed by atoms with Gasteiger partial charge in [-0.1, -0.05) is 6.92 Å². The number of nitrogens with zero attached hydrogens (tertiary/aromatic N) is 2. The lowest BCUT2D eigenvalue weighted by atomic mass is 10.2. The van der Waals surface area contributed by atoms with Crippen molar-refractivity contribution < 1.29 is 9.13 Å². The van der Waals surface area contributed by atoms with E-state index < -0.39 is 0 Å². The van der Waals surface area contributed by atoms with E-state index in [1.165, 1.54) is 12.1 Å². The third-order valence-electron chi connectivity index (χ3n) is 3.12. The second-order valence-electron chi connectivity index (χ2n) is 4.85. The van der Waals surface area contributed by atoms with Crippen molar-refractivity contribution in [1.29, 1.82) is 0 Å². The molecule has 0 saturated carbocycles. The van der Waals surface area contributed by atoms with Crippen LogP contribution < -0.4 is 10.1 Å². The first kappa shape index (κ1) is 16.0. The van der Waals surface area contributed by atoms with Gasteiger partial charge in [-0.05, 0) is 48.0 Å². The molecule has 0 aliphatic heterocycles. The average molecular weight is 356 g/mol. The zero-order valence-electron chi connectivity index (χ0n) is 12.4. The summed E-state index contributed by atoms with van der Waals surface area (Å²) in [6.07, 6.45) is 1.06. The van der Waals surface area contributed by atoms with Gasteiger partial charge in [-0.25, -0.2) is 9.07 Å². The Kier molecular flexibility index (Phi) is 5.36. The van der Waals surface area contributed by atoms with E-state index in [0.29, 0.717) is 22.6 Å². The van der Waals surface area contributed by atoms with Crippen molar-refractivity contribution in [2.24, 2.45) is 7.05 Å². The molecule has 0 spiro atoms. The summed E-state index contributed by atoms with van der Waals surface area (Å²) >= 11 is 3.37. The number of hydrogen-bond donors (Lipinski definition) is 1. The van der Waals surface area contributed by atoms with Gasteiger partial charge in [0.15, 0.2) is 0 Å². The van der Waals surface area contributed by atoms with Crippen LogP contribution in [-0.2, 0) is 13.6 Å². The van der Waals surface area contributed by atoms with Crippen LogP contribution in [0.3, 0.4) is 0 Å². The van der Waals surface area contributed by atoms with Crippen LogP contribution in [0, 0.1) is 12.7 Å². The lowest BCUT2D eigenvalue weighted by molar-refractivity contribution is 0.418. The van der Waals surface area contributed by atoms with Gasteiger partial charge in [-0.2, -0.15) is 5.10 Å². The number of ether oxygens (including phenoxy) is 1. The van der Waals surface area contributed by atoms with Crippen molar-refractivity contribution in [3.05, 3.63) is 39.7 Å². The quantitative estimate of drug-likeness (QED) is 0.798. The predicted octanol–water partition coefficient (Wildman–Crippen LogP) is 3.92. The van der Waals surface area contributed by atoms with Gasteiger partial charge in [0.25, 0.3) is 0 Å². The van der Waals surface area contributed by atoms with Gasteiger partial charge in [0.05, 0.1) is 15.7 Å². The summed E-state index contributed by atoms with van der Waals surface area (Å²) in [5.41, 5.74) is 1.89. The van der Waals surface area contributed by atoms with E-state index in [1.807, 2.05) is 14.0 Å². The molecule has 1 heterocycles. The van der Waals surface area contributed by atoms with Gasteiger partial charge < -0.3 is 10.1 Å². The summed E-state index contributed by atoms with van der Waals surface area (Å²) in [6.45, 7) is 5.66. The molecule has 0 bridgehead atoms. The van der Waals surface area contributed by atoms with Crippen molar-refractivity contribution in [3.63, 3.8) is 0 Å². The van der Waals surface area contributed by atoms with Crippen LogP contribution >= 0.6 is 15.9 Å². The molecule has 0 aliphatic carbocycles. The van der Waals surface area contributed by atoms with Gasteiger partial charge in [0.2, 0.25) is 5.88 Å². The highest BCUT2D eigenvalue weighted by Gasteiger charge is 2.16. The van der Waals surface area contributed by atoms with Crippen molar-refractivity contribution in [3.8, 4) is 11.6 Å². The summed E-state index contributed by atoms with van der Waals surface area (Å²) in [5.74, 6) is 0.731. The SMILES string of the molecule is CCCNCc1c(C)nn(C)c1Oc1cc(F)ccc1Br. The Bertz CT molecular complexity index is 628. The van der Waals surface area contributed by atoms with E-state index >= 15 is 0 Å². The molecule has 0 unspecified atom stereocenters. The minimum Gasteiger partial charge on any atom is -0.438 e. The first-order valence-electron chi connectivity index (χ1n) is 6.89. The largest absolute Gasteiger partial charge is 0.438 e. The minimum atomic E-state index is -0.335. The third kappa shape index (κ3) is 3.83. The molecule has 0 radical (unpaired) electrons. The lowest BCUT2D eigenvalue weighted by Gasteiger charge is -2.11. The number of aromatic nitrogens is 2. The number of benzene rings is 1. The molecule has 0 atom stereocenters. The fraction of sp³-hybridized carbons (Fsp3) is 0.400. The maximum Gasteiger partial charge on any atom is 0.222 e. The molecule has 1 N–H and O–H groups in total. The summed E-state index contributed by atoms with van der Waals surface area (Å²) < 4.78 is 21.6. The Morgan fingerprint density at radius 1 is 1.43 bits per heavy atom. The fourth-order valence-electron chi connectivity index (χ4n) is 2.06. The maximum atomic E-state index is 13.4. The highest BCUT2D eigenvalue weighted by Crippen LogP contribution is 2.32. The Hall–Kier alpha value is -1.40. The van der Waals surface area contributed by atoms with Crippen molar-refractivity contribution in [2.45, 2.75) is 26.8 Å². The molecular weight excluding hydrogens is 337 g/mol. The predicted molar refractivity (Wildman–Crippen MR) is 84.1 cm³/mol. The topological polar surface area (TPSA) is 39.1 Å². The Morgan fingerprint density at radius 2 is 2.19 bits per heavy atom. The van der Waals surface area contributed by atoms with E-state index in [-0.39, 0.29) is 5.82 Å². The van der Waals surface area contributed by atoms with E-state index in [4.69, 9.17) is 4.74 Å². The minimum absolute atomic E-state index is 0.335. The highest BCUT2D eigenvalue weighted by atomic mass is 79.9. The monoisotopic (exact) mass is 355 g/mol. The highest BCUT2D eigenvalue weighted by molar-refractivity contribution is 9.10. The normalized spacial score (nSPS) is 10.9. The first-order valence-corrected chi connectivity index (χ1v) is 7.68. The molecule has 0 aliphatic rings. The third-order valence-corrected chi connectivity index (χ3v) is 3.77. The van der Waals surface area contributed by atoms with Crippen LogP contribution in [0.15, 0.2) is 22.7 Å². The zero-order chi connectivity index (χ0) is 15.4. The first-order chi connectivity index (χ1) is 10.0. The van der Waals surface area contributed by atoms with Crippen molar-refractivity contribution in [1.82, 2.24) is 15.1 Å². The molecule has 1 aromatic heterocycles. The van der Waals surface area contributed by atoms with Crippen LogP contribution in [0.25, 0.3) is 0 Å². The number of aryl methyl sites for hydroxylation is 2. The van der Waals surface area contributed by atoms with E-state index in [0.717, 1.165) is 24.2 Å². The molecule has 4 nitrogen and oxygen atoms in total. The standard InChI is InChI=1S/C15H19BrFN3O/c1-4-7-18-9-12-10(2)19-20(3)15(12)21-14-8-11(17)5-6-13(14)16/h5-6,8,18H,4,7,9H2,1-3H3. The number of halogens is 2. The van der Waals surface area contributed by atoms with Crippen molar-refractivity contribution >= 4 is 15.9 Å². The molecular formula is C15H19BrFN3O. The summed E-state index contributed by atoms with van der Waals surface area (Å²) in [4.78, 5) is 0. The van der Waals surface area contributed by atoms with Crippen LogP contribution in [-0.4, -0.2) is 16.3 Å². The summed E-state index contributed by atoms with van der Waals surface area (Å²) in [6, 6.07) is 4.37. The van der Waals surface area contributed by atoms with Crippen LogP contribution in [0.4, 0.5) is 4.39 Å². The van der Waals surface area contributed by atoms with Crippen molar-refractivity contribution in [2.75, 3.05) is 6.54 Å². The molecule has 114 valence electrons. The zero-order valence-corrected chi connectivity index (χ0v) is 14.0. The lowest BCUT2D eigenvalue weighted by Crippen LogP contribution is -2.14. The molecule has 2 rings (SSSR count). The molecule has 21 heavy (non-hydrogen) atoms. The Balaban J connectivity index is 2.28. The van der Waals surface area contributed by atoms with Gasteiger partial charge in [0.1, 0.15) is 11.6 Å². The van der Waals surface area contributed by atoms with Gasteiger partial charge in [-0.15, -0.1) is 0 Å². The van der Waals surface area contributed by atoms with Crippen LogP contribution in [0.2, 0.25) is 0 Å². The number of nitrogens with one attached hydrogen (secondary N) is 1. The van der Waals surface area contributed by atoms with Gasteiger partial charge in [0, 0.05) is 19.7 Å². The summed E-state index contributed by atoms with van der Waals surface area (Å²) in [5, 5.41) is 7.72. The van der Waals surface area contributed by atoms with Gasteiger partial charge >= 0.3 is 0 Å². The molecule has 0 amide bonds. The average Bonchev–Trinajstić information content (AvgIpc) is 2.70. The number of rotatable bonds is 6. The molecule has 1 aromatic carbocycles. The smallest absolute Gasteiger partial charge is 0.222 e. The van der Waals surface area contributed by atoms with Crippen LogP contribution in [0.1, 0.15) is 24.6 Å². The number of hydrogen-bond acceptors (Lipinski definition) is 3. The molecule has 0 fully saturated rings. The van der Waals surface area contributed by atoms with Gasteiger partial charge in [-0.3, -0.25) is 0 Å². The summed E-state index contributed by atoms with van der Waals surface area (Å²) in [7, 11) is 1.82. The van der Waals surface area contributed by atoms with E-state index in [9.17, 15) is 4.39 Å².